The number of amides is 2. The van der Waals surface area contributed by atoms with E-state index in [1.807, 2.05) is 0 Å². The molecule has 0 atom stereocenters. The van der Waals surface area contributed by atoms with Crippen molar-refractivity contribution in [3.05, 3.63) is 0 Å². The van der Waals surface area contributed by atoms with Crippen molar-refractivity contribution in [2.45, 2.75) is 117 Å². The van der Waals surface area contributed by atoms with Gasteiger partial charge in [0.1, 0.15) is 13.2 Å². The average Bonchev–Trinajstić information content (AvgIpc) is 2.71. The lowest BCUT2D eigenvalue weighted by molar-refractivity contribution is -0.130. The van der Waals surface area contributed by atoms with Gasteiger partial charge < -0.3 is 15.4 Å². The SMILES string of the molecule is CCCCCCCCCCNC(=O)COCC(=O)NCCCCCCCCCC. The highest BCUT2D eigenvalue weighted by Gasteiger charge is 2.04. The van der Waals surface area contributed by atoms with Gasteiger partial charge in [-0.25, -0.2) is 0 Å². The minimum absolute atomic E-state index is 0.0395. The molecule has 0 aliphatic heterocycles. The van der Waals surface area contributed by atoms with Crippen molar-refractivity contribution in [3.8, 4) is 0 Å². The van der Waals surface area contributed by atoms with E-state index in [2.05, 4.69) is 24.5 Å². The zero-order chi connectivity index (χ0) is 21.4. The molecule has 0 aliphatic carbocycles. The first-order valence-electron chi connectivity index (χ1n) is 12.3. The molecular weight excluding hydrogens is 364 g/mol. The van der Waals surface area contributed by atoms with Crippen LogP contribution in [0.4, 0.5) is 0 Å². The quantitative estimate of drug-likeness (QED) is 0.230. The molecule has 0 aliphatic rings. The van der Waals surface area contributed by atoms with E-state index < -0.39 is 0 Å². The van der Waals surface area contributed by atoms with Crippen LogP contribution in [0.15, 0.2) is 0 Å². The number of hydrogen-bond donors (Lipinski definition) is 2. The summed E-state index contributed by atoms with van der Waals surface area (Å²) >= 11 is 0. The van der Waals surface area contributed by atoms with Gasteiger partial charge in [-0.1, -0.05) is 104 Å². The van der Waals surface area contributed by atoms with Crippen LogP contribution < -0.4 is 10.6 Å². The second kappa shape index (κ2) is 23.2. The van der Waals surface area contributed by atoms with Crippen LogP contribution in [0.3, 0.4) is 0 Å². The number of carbonyl (C=O) groups is 2. The van der Waals surface area contributed by atoms with Crippen molar-refractivity contribution in [2.24, 2.45) is 0 Å². The zero-order valence-electron chi connectivity index (χ0n) is 19.4. The monoisotopic (exact) mass is 412 g/mol. The maximum Gasteiger partial charge on any atom is 0.246 e. The largest absolute Gasteiger partial charge is 0.362 e. The van der Waals surface area contributed by atoms with Crippen molar-refractivity contribution in [3.63, 3.8) is 0 Å². The molecule has 0 saturated heterocycles. The number of nitrogens with one attached hydrogen (secondary N) is 2. The van der Waals surface area contributed by atoms with Gasteiger partial charge in [0.05, 0.1) is 0 Å². The fraction of sp³-hybridized carbons (Fsp3) is 0.917. The molecule has 5 heteroatoms. The van der Waals surface area contributed by atoms with Crippen LogP contribution in [0.25, 0.3) is 0 Å². The van der Waals surface area contributed by atoms with E-state index in [0.717, 1.165) is 25.7 Å². The molecule has 29 heavy (non-hydrogen) atoms. The number of rotatable bonds is 22. The maximum absolute atomic E-state index is 11.7. The van der Waals surface area contributed by atoms with E-state index in [4.69, 9.17) is 4.74 Å². The van der Waals surface area contributed by atoms with Crippen molar-refractivity contribution in [2.75, 3.05) is 26.3 Å². The standard InChI is InChI=1S/C24H48N2O3/c1-3-5-7-9-11-13-15-17-19-25-23(27)21-29-22-24(28)26-20-18-16-14-12-10-8-6-4-2/h3-22H2,1-2H3,(H,25,27)(H,26,28). The van der Waals surface area contributed by atoms with Gasteiger partial charge in [-0.2, -0.15) is 0 Å². The van der Waals surface area contributed by atoms with Gasteiger partial charge >= 0.3 is 0 Å². The number of carbonyl (C=O) groups excluding carboxylic acids is 2. The molecule has 0 radical (unpaired) electrons. The van der Waals surface area contributed by atoms with E-state index in [-0.39, 0.29) is 25.0 Å². The second-order valence-electron chi connectivity index (χ2n) is 8.14. The van der Waals surface area contributed by atoms with Crippen LogP contribution in [-0.4, -0.2) is 38.1 Å². The predicted octanol–water partition coefficient (Wildman–Crippen LogP) is 5.52. The fourth-order valence-corrected chi connectivity index (χ4v) is 3.31. The van der Waals surface area contributed by atoms with Gasteiger partial charge in [0, 0.05) is 13.1 Å². The van der Waals surface area contributed by atoms with Gasteiger partial charge in [-0.05, 0) is 12.8 Å². The molecule has 0 heterocycles. The molecule has 2 N–H and O–H groups in total. The second-order valence-corrected chi connectivity index (χ2v) is 8.14. The highest BCUT2D eigenvalue weighted by molar-refractivity contribution is 5.79. The van der Waals surface area contributed by atoms with Crippen molar-refractivity contribution in [1.82, 2.24) is 10.6 Å². The Morgan fingerprint density at radius 3 is 1.17 bits per heavy atom. The lowest BCUT2D eigenvalue weighted by atomic mass is 10.1. The Kier molecular flexibility index (Phi) is 22.3. The fourth-order valence-electron chi connectivity index (χ4n) is 3.31. The first-order valence-corrected chi connectivity index (χ1v) is 12.3. The van der Waals surface area contributed by atoms with Crippen LogP contribution >= 0.6 is 0 Å². The van der Waals surface area contributed by atoms with E-state index in [1.165, 1.54) is 77.0 Å². The van der Waals surface area contributed by atoms with Crippen molar-refractivity contribution < 1.29 is 14.3 Å². The van der Waals surface area contributed by atoms with Crippen molar-refractivity contribution in [1.29, 1.82) is 0 Å². The molecule has 0 rings (SSSR count). The summed E-state index contributed by atoms with van der Waals surface area (Å²) in [7, 11) is 0. The predicted molar refractivity (Wildman–Crippen MR) is 122 cm³/mol. The third kappa shape index (κ3) is 23.0. The molecular formula is C24H48N2O3. The summed E-state index contributed by atoms with van der Waals surface area (Å²) < 4.78 is 5.20. The molecule has 0 spiro atoms. The summed E-state index contributed by atoms with van der Waals surface area (Å²) in [6.45, 7) is 5.78. The summed E-state index contributed by atoms with van der Waals surface area (Å²) in [6, 6.07) is 0. The van der Waals surface area contributed by atoms with Gasteiger partial charge in [0.2, 0.25) is 11.8 Å². The van der Waals surface area contributed by atoms with E-state index in [0.29, 0.717) is 13.1 Å². The first-order chi connectivity index (χ1) is 14.2. The first kappa shape index (κ1) is 27.9. The summed E-state index contributed by atoms with van der Waals surface area (Å²) in [5, 5.41) is 5.71. The Hall–Kier alpha value is -1.10. The normalized spacial score (nSPS) is 10.8. The van der Waals surface area contributed by atoms with E-state index in [9.17, 15) is 9.59 Å². The Bertz CT molecular complexity index is 341. The number of ether oxygens (including phenoxy) is 1. The molecule has 0 fully saturated rings. The Labute approximate surface area is 180 Å². The van der Waals surface area contributed by atoms with E-state index in [1.54, 1.807) is 0 Å². The lowest BCUT2D eigenvalue weighted by Gasteiger charge is -2.07. The molecule has 5 nitrogen and oxygen atoms in total. The highest BCUT2D eigenvalue weighted by Crippen LogP contribution is 2.08. The van der Waals surface area contributed by atoms with Gasteiger partial charge in [0.15, 0.2) is 0 Å². The molecule has 0 bridgehead atoms. The van der Waals surface area contributed by atoms with Crippen LogP contribution in [0.5, 0.6) is 0 Å². The molecule has 0 aromatic heterocycles. The summed E-state index contributed by atoms with van der Waals surface area (Å²) in [5.41, 5.74) is 0. The van der Waals surface area contributed by atoms with Crippen molar-refractivity contribution >= 4 is 11.8 Å². The van der Waals surface area contributed by atoms with E-state index >= 15 is 0 Å². The Balaban J connectivity index is 3.31. The van der Waals surface area contributed by atoms with Crippen LogP contribution in [-0.2, 0) is 14.3 Å². The van der Waals surface area contributed by atoms with Crippen LogP contribution in [0, 0.1) is 0 Å². The minimum Gasteiger partial charge on any atom is -0.362 e. The summed E-state index contributed by atoms with van der Waals surface area (Å²) in [6.07, 6.45) is 20.0. The minimum atomic E-state index is -0.135. The number of hydrogen-bond acceptors (Lipinski definition) is 3. The molecule has 172 valence electrons. The highest BCUT2D eigenvalue weighted by atomic mass is 16.5. The molecule has 0 aromatic rings. The summed E-state index contributed by atoms with van der Waals surface area (Å²) in [5.74, 6) is -0.271. The topological polar surface area (TPSA) is 67.4 Å². The van der Waals surface area contributed by atoms with Gasteiger partial charge in [-0.15, -0.1) is 0 Å². The zero-order valence-corrected chi connectivity index (χ0v) is 19.4. The number of unbranched alkanes of at least 4 members (excludes halogenated alkanes) is 14. The third-order valence-corrected chi connectivity index (χ3v) is 5.17. The Morgan fingerprint density at radius 2 is 0.828 bits per heavy atom. The smallest absolute Gasteiger partial charge is 0.246 e. The maximum atomic E-state index is 11.7. The molecule has 0 unspecified atom stereocenters. The third-order valence-electron chi connectivity index (χ3n) is 5.17. The van der Waals surface area contributed by atoms with Gasteiger partial charge in [-0.3, -0.25) is 9.59 Å². The molecule has 0 saturated carbocycles. The van der Waals surface area contributed by atoms with Crippen LogP contribution in [0.2, 0.25) is 0 Å². The molecule has 2 amide bonds. The lowest BCUT2D eigenvalue weighted by Crippen LogP contribution is -2.32. The Morgan fingerprint density at radius 1 is 0.517 bits per heavy atom. The van der Waals surface area contributed by atoms with Crippen LogP contribution in [0.1, 0.15) is 117 Å². The summed E-state index contributed by atoms with van der Waals surface area (Å²) in [4.78, 5) is 23.4. The molecule has 0 aromatic carbocycles. The average molecular weight is 413 g/mol. The van der Waals surface area contributed by atoms with Gasteiger partial charge in [0.25, 0.3) is 0 Å².